The van der Waals surface area contributed by atoms with Gasteiger partial charge in [-0.25, -0.2) is 4.85 Å². The van der Waals surface area contributed by atoms with Gasteiger partial charge in [0.1, 0.15) is 5.66 Å². The van der Waals surface area contributed by atoms with Crippen molar-refractivity contribution in [3.05, 3.63) is 34.7 Å². The second-order valence-electron chi connectivity index (χ2n) is 6.15. The largest absolute Gasteiger partial charge is 0.322 e. The van der Waals surface area contributed by atoms with Crippen LogP contribution in [0, 0.1) is 20.4 Å². The van der Waals surface area contributed by atoms with Gasteiger partial charge in [0.25, 0.3) is 5.91 Å². The molecule has 0 fully saturated rings. The quantitative estimate of drug-likeness (QED) is 0.508. The van der Waals surface area contributed by atoms with E-state index in [1.165, 1.54) is 0 Å². The van der Waals surface area contributed by atoms with Gasteiger partial charge in [0.05, 0.1) is 25.1 Å². The van der Waals surface area contributed by atoms with Gasteiger partial charge in [-0.1, -0.05) is 19.1 Å². The number of anilines is 1. The van der Waals surface area contributed by atoms with E-state index in [0.717, 1.165) is 41.7 Å². The van der Waals surface area contributed by atoms with Gasteiger partial charge < -0.3 is 5.32 Å². The molecule has 0 saturated carbocycles. The van der Waals surface area contributed by atoms with Crippen LogP contribution in [0.15, 0.2) is 12.1 Å². The van der Waals surface area contributed by atoms with Gasteiger partial charge >= 0.3 is 0 Å². The maximum Gasteiger partial charge on any atom is 0.265 e. The lowest BCUT2D eigenvalue weighted by atomic mass is 10.1. The van der Waals surface area contributed by atoms with Crippen molar-refractivity contribution >= 4 is 24.5 Å². The van der Waals surface area contributed by atoms with Gasteiger partial charge in [-0.3, -0.25) is 4.79 Å². The van der Waals surface area contributed by atoms with E-state index in [9.17, 15) is 4.79 Å². The fourth-order valence-corrected chi connectivity index (χ4v) is 7.56. The molecular formula is C19H30N2OP+. The summed E-state index contributed by atoms with van der Waals surface area (Å²) in [5.41, 5.74) is 3.56. The molecule has 23 heavy (non-hydrogen) atoms. The van der Waals surface area contributed by atoms with Crippen LogP contribution in [0.5, 0.6) is 0 Å². The molecule has 0 saturated heterocycles. The first-order valence-electron chi connectivity index (χ1n) is 8.54. The highest BCUT2D eigenvalue weighted by molar-refractivity contribution is 7.77. The molecule has 1 aromatic carbocycles. The Kier molecular flexibility index (Phi) is 7.23. The fraction of sp³-hybridized carbons (Fsp3) is 0.579. The molecule has 1 unspecified atom stereocenters. The second kappa shape index (κ2) is 8.46. The molecular weight excluding hydrogens is 303 g/mol. The van der Waals surface area contributed by atoms with E-state index in [-0.39, 0.29) is 11.6 Å². The number of benzene rings is 1. The Labute approximate surface area is 142 Å². The van der Waals surface area contributed by atoms with E-state index in [1.54, 1.807) is 0 Å². The highest BCUT2D eigenvalue weighted by Gasteiger charge is 2.44. The molecule has 1 rings (SSSR count). The van der Waals surface area contributed by atoms with Crippen molar-refractivity contribution in [2.75, 3.05) is 23.8 Å². The van der Waals surface area contributed by atoms with Crippen LogP contribution in [0.4, 0.5) is 11.4 Å². The zero-order chi connectivity index (χ0) is 17.6. The summed E-state index contributed by atoms with van der Waals surface area (Å²) < 4.78 is 0. The van der Waals surface area contributed by atoms with Crippen molar-refractivity contribution in [2.45, 2.75) is 53.6 Å². The summed E-state index contributed by atoms with van der Waals surface area (Å²) in [5, 5.41) is 3.17. The molecule has 0 aliphatic rings. The second-order valence-corrected chi connectivity index (χ2v) is 11.1. The fourth-order valence-electron chi connectivity index (χ4n) is 3.56. The number of carbonyl (C=O) groups excluding carboxylic acids is 1. The number of hydrogen-bond donors (Lipinski definition) is 1. The van der Waals surface area contributed by atoms with Gasteiger partial charge in [-0.2, -0.15) is 0 Å². The summed E-state index contributed by atoms with van der Waals surface area (Å²) in [4.78, 5) is 16.5. The summed E-state index contributed by atoms with van der Waals surface area (Å²) in [7, 11) is -1.25. The molecule has 0 aromatic heterocycles. The van der Waals surface area contributed by atoms with Crippen LogP contribution < -0.4 is 5.32 Å². The van der Waals surface area contributed by atoms with Crippen molar-refractivity contribution in [3.63, 3.8) is 0 Å². The first-order valence-corrected chi connectivity index (χ1v) is 11.0. The predicted octanol–water partition coefficient (Wildman–Crippen LogP) is 5.65. The third kappa shape index (κ3) is 4.12. The van der Waals surface area contributed by atoms with Gasteiger partial charge in [0.2, 0.25) is 0 Å². The summed E-state index contributed by atoms with van der Waals surface area (Å²) in [5.74, 6) is 0.160. The maximum absolute atomic E-state index is 13.0. The summed E-state index contributed by atoms with van der Waals surface area (Å²) in [6, 6.07) is 3.69. The van der Waals surface area contributed by atoms with Gasteiger partial charge in [-0.05, 0) is 52.2 Å². The van der Waals surface area contributed by atoms with E-state index in [0.29, 0.717) is 5.69 Å². The normalized spacial score (nSPS) is 12.6. The average molecular weight is 333 g/mol. The number of amides is 1. The van der Waals surface area contributed by atoms with Crippen LogP contribution in [-0.4, -0.2) is 30.1 Å². The molecule has 4 heteroatoms. The minimum atomic E-state index is -1.25. The van der Waals surface area contributed by atoms with Crippen molar-refractivity contribution in [1.29, 1.82) is 0 Å². The van der Waals surface area contributed by atoms with Crippen molar-refractivity contribution in [1.82, 2.24) is 0 Å². The Morgan fingerprint density at radius 2 is 1.61 bits per heavy atom. The Morgan fingerprint density at radius 1 is 1.13 bits per heavy atom. The highest BCUT2D eigenvalue weighted by Crippen LogP contribution is 2.63. The molecule has 1 atom stereocenters. The molecule has 126 valence electrons. The number of aryl methyl sites for hydroxylation is 2. The van der Waals surface area contributed by atoms with Crippen molar-refractivity contribution in [2.24, 2.45) is 0 Å². The van der Waals surface area contributed by atoms with Crippen LogP contribution >= 0.6 is 7.26 Å². The standard InChI is InChI=1S/C19H29N2OP/c1-8-17(23(9-2,10-3)11-4)19(22)21-18-14(5)12-16(20-7)13-15(18)6/h12-13,17H,8-11H2,1-6H3/p+1. The van der Waals surface area contributed by atoms with Crippen LogP contribution in [0.25, 0.3) is 4.85 Å². The average Bonchev–Trinajstić information content (AvgIpc) is 2.55. The lowest BCUT2D eigenvalue weighted by molar-refractivity contribution is -0.115. The van der Waals surface area contributed by atoms with Crippen molar-refractivity contribution < 1.29 is 4.79 Å². The predicted molar refractivity (Wildman–Crippen MR) is 103 cm³/mol. The van der Waals surface area contributed by atoms with E-state index in [1.807, 2.05) is 26.0 Å². The summed E-state index contributed by atoms with van der Waals surface area (Å²) in [6.45, 7) is 19.9. The van der Waals surface area contributed by atoms with Gasteiger partial charge in [0, 0.05) is 12.9 Å². The Morgan fingerprint density at radius 3 is 1.96 bits per heavy atom. The molecule has 0 aliphatic heterocycles. The molecule has 0 bridgehead atoms. The number of rotatable bonds is 7. The Balaban J connectivity index is 3.13. The number of nitrogens with one attached hydrogen (secondary N) is 1. The highest BCUT2D eigenvalue weighted by atomic mass is 31.2. The smallest absolute Gasteiger partial charge is 0.265 e. The van der Waals surface area contributed by atoms with Gasteiger partial charge in [0.15, 0.2) is 5.69 Å². The maximum atomic E-state index is 13.0. The zero-order valence-electron chi connectivity index (χ0n) is 15.4. The van der Waals surface area contributed by atoms with E-state index in [2.05, 4.69) is 37.9 Å². The van der Waals surface area contributed by atoms with E-state index >= 15 is 0 Å². The van der Waals surface area contributed by atoms with E-state index in [4.69, 9.17) is 6.57 Å². The Hall–Kier alpha value is -1.39. The monoisotopic (exact) mass is 333 g/mol. The molecule has 0 radical (unpaired) electrons. The van der Waals surface area contributed by atoms with Gasteiger partial charge in [-0.15, -0.1) is 0 Å². The summed E-state index contributed by atoms with van der Waals surface area (Å²) in [6.07, 6.45) is 4.27. The third-order valence-electron chi connectivity index (χ3n) is 5.13. The zero-order valence-corrected chi connectivity index (χ0v) is 16.3. The molecule has 1 N–H and O–H groups in total. The van der Waals surface area contributed by atoms with Crippen LogP contribution in [-0.2, 0) is 4.79 Å². The molecule has 1 amide bonds. The number of nitrogens with zero attached hydrogens (tertiary/aromatic N) is 1. The number of carbonyl (C=O) groups is 1. The lowest BCUT2D eigenvalue weighted by Gasteiger charge is -2.31. The minimum absolute atomic E-state index is 0.127. The summed E-state index contributed by atoms with van der Waals surface area (Å²) >= 11 is 0. The number of hydrogen-bond acceptors (Lipinski definition) is 1. The molecule has 3 nitrogen and oxygen atoms in total. The van der Waals surface area contributed by atoms with Crippen LogP contribution in [0.3, 0.4) is 0 Å². The SMILES string of the molecule is [C-]#[N+]c1cc(C)c(NC(=O)C(CC)[P+](CC)(CC)CC)c(C)c1. The molecule has 0 aliphatic carbocycles. The minimum Gasteiger partial charge on any atom is -0.322 e. The van der Waals surface area contributed by atoms with Crippen LogP contribution in [0.1, 0.15) is 45.2 Å². The topological polar surface area (TPSA) is 33.5 Å². The third-order valence-corrected chi connectivity index (χ3v) is 10.8. The molecule has 0 spiro atoms. The molecule has 1 aromatic rings. The van der Waals surface area contributed by atoms with Crippen LogP contribution in [0.2, 0.25) is 0 Å². The lowest BCUT2D eigenvalue weighted by Crippen LogP contribution is -2.33. The first kappa shape index (κ1) is 19.7. The first-order chi connectivity index (χ1) is 10.9. The van der Waals surface area contributed by atoms with E-state index < -0.39 is 7.26 Å². The van der Waals surface area contributed by atoms with Crippen molar-refractivity contribution in [3.8, 4) is 0 Å². The Bertz CT molecular complexity index is 569. The molecule has 0 heterocycles.